The first kappa shape index (κ1) is 11.3. The number of allylic oxidation sites excluding steroid dienone is 1. The minimum Gasteiger partial charge on any atom is -0.295 e. The fourth-order valence-electron chi connectivity index (χ4n) is 1.91. The molecule has 0 heterocycles. The number of halogens is 3. The van der Waals surface area contributed by atoms with E-state index in [4.69, 9.17) is 0 Å². The highest BCUT2D eigenvalue weighted by Crippen LogP contribution is 2.40. The van der Waals surface area contributed by atoms with Gasteiger partial charge in [0.1, 0.15) is 0 Å². The van der Waals surface area contributed by atoms with Gasteiger partial charge in [0.25, 0.3) is 0 Å². The van der Waals surface area contributed by atoms with Crippen LogP contribution in [-0.4, -0.2) is 12.0 Å². The fourth-order valence-corrected chi connectivity index (χ4v) is 1.91. The molecule has 2 unspecified atom stereocenters. The normalized spacial score (nSPS) is 28.5. The van der Waals surface area contributed by atoms with Crippen molar-refractivity contribution < 1.29 is 18.0 Å². The number of carbonyl (C=O) groups excluding carboxylic acids is 1. The number of ketones is 1. The Bertz CT molecular complexity index is 232. The first-order chi connectivity index (χ1) is 6.45. The number of alkyl halides is 3. The van der Waals surface area contributed by atoms with Gasteiger partial charge >= 0.3 is 6.18 Å². The standard InChI is InChI=1S/C10H13F3O/c1-2-9(14)7-4-3-5-8(6-7)10(11,12)13/h2,7-8H,1,3-6H2. The van der Waals surface area contributed by atoms with Crippen LogP contribution in [0.1, 0.15) is 25.7 Å². The Kier molecular flexibility index (Phi) is 3.34. The molecule has 80 valence electrons. The molecule has 4 heteroatoms. The monoisotopic (exact) mass is 206 g/mol. The fraction of sp³-hybridized carbons (Fsp3) is 0.700. The van der Waals surface area contributed by atoms with E-state index >= 15 is 0 Å². The third-order valence-electron chi connectivity index (χ3n) is 2.74. The topological polar surface area (TPSA) is 17.1 Å². The van der Waals surface area contributed by atoms with Gasteiger partial charge in [0, 0.05) is 5.92 Å². The van der Waals surface area contributed by atoms with Crippen LogP contribution in [0.5, 0.6) is 0 Å². The summed E-state index contributed by atoms with van der Waals surface area (Å²) >= 11 is 0. The highest BCUT2D eigenvalue weighted by molar-refractivity contribution is 5.91. The van der Waals surface area contributed by atoms with Crippen LogP contribution >= 0.6 is 0 Å². The van der Waals surface area contributed by atoms with E-state index < -0.39 is 18.0 Å². The SMILES string of the molecule is C=CC(=O)C1CCCC(C(F)(F)F)C1. The van der Waals surface area contributed by atoms with Crippen molar-refractivity contribution >= 4 is 5.78 Å². The molecule has 2 atom stereocenters. The summed E-state index contributed by atoms with van der Waals surface area (Å²) in [5.41, 5.74) is 0. The molecular weight excluding hydrogens is 193 g/mol. The van der Waals surface area contributed by atoms with E-state index in [0.29, 0.717) is 12.8 Å². The molecule has 0 aromatic heterocycles. The quantitative estimate of drug-likeness (QED) is 0.634. The van der Waals surface area contributed by atoms with Gasteiger partial charge in [0.2, 0.25) is 0 Å². The van der Waals surface area contributed by atoms with Crippen molar-refractivity contribution in [1.29, 1.82) is 0 Å². The molecule has 14 heavy (non-hydrogen) atoms. The molecule has 0 aromatic carbocycles. The van der Waals surface area contributed by atoms with E-state index in [1.807, 2.05) is 0 Å². The van der Waals surface area contributed by atoms with E-state index in [1.54, 1.807) is 0 Å². The molecule has 0 N–H and O–H groups in total. The maximum Gasteiger partial charge on any atom is 0.391 e. The van der Waals surface area contributed by atoms with Gasteiger partial charge in [-0.3, -0.25) is 4.79 Å². The molecule has 1 aliphatic carbocycles. The van der Waals surface area contributed by atoms with Gasteiger partial charge in [-0.25, -0.2) is 0 Å². The molecule has 0 aliphatic heterocycles. The van der Waals surface area contributed by atoms with Crippen molar-refractivity contribution in [3.05, 3.63) is 12.7 Å². The second-order valence-electron chi connectivity index (χ2n) is 3.71. The first-order valence-corrected chi connectivity index (χ1v) is 4.68. The van der Waals surface area contributed by atoms with Gasteiger partial charge in [0.15, 0.2) is 5.78 Å². The molecule has 1 saturated carbocycles. The largest absolute Gasteiger partial charge is 0.391 e. The lowest BCUT2D eigenvalue weighted by Crippen LogP contribution is -2.31. The Morgan fingerprint density at radius 1 is 1.36 bits per heavy atom. The zero-order valence-corrected chi connectivity index (χ0v) is 7.81. The molecule has 0 aromatic rings. The number of hydrogen-bond acceptors (Lipinski definition) is 1. The summed E-state index contributed by atoms with van der Waals surface area (Å²) in [6.07, 6.45) is -1.88. The molecule has 0 amide bonds. The maximum atomic E-state index is 12.3. The van der Waals surface area contributed by atoms with Gasteiger partial charge in [-0.2, -0.15) is 13.2 Å². The van der Waals surface area contributed by atoms with E-state index in [1.165, 1.54) is 0 Å². The van der Waals surface area contributed by atoms with Crippen LogP contribution in [0.2, 0.25) is 0 Å². The molecule has 1 fully saturated rings. The lowest BCUT2D eigenvalue weighted by molar-refractivity contribution is -0.185. The maximum absolute atomic E-state index is 12.3. The van der Waals surface area contributed by atoms with E-state index in [9.17, 15) is 18.0 Å². The predicted octanol–water partition coefficient (Wildman–Crippen LogP) is 3.11. The predicted molar refractivity (Wildman–Crippen MR) is 46.7 cm³/mol. The lowest BCUT2D eigenvalue weighted by atomic mass is 9.79. The van der Waals surface area contributed by atoms with Crippen LogP contribution in [0, 0.1) is 11.8 Å². The third-order valence-corrected chi connectivity index (χ3v) is 2.74. The second-order valence-corrected chi connectivity index (χ2v) is 3.71. The number of carbonyl (C=O) groups is 1. The van der Waals surface area contributed by atoms with Crippen LogP contribution in [0.4, 0.5) is 13.2 Å². The smallest absolute Gasteiger partial charge is 0.295 e. The van der Waals surface area contributed by atoms with Gasteiger partial charge in [0.05, 0.1) is 5.92 Å². The summed E-state index contributed by atoms with van der Waals surface area (Å²) in [5.74, 6) is -2.02. The van der Waals surface area contributed by atoms with Crippen LogP contribution < -0.4 is 0 Å². The van der Waals surface area contributed by atoms with E-state index in [0.717, 1.165) is 6.08 Å². The Hall–Kier alpha value is -0.800. The van der Waals surface area contributed by atoms with Crippen molar-refractivity contribution in [1.82, 2.24) is 0 Å². The van der Waals surface area contributed by atoms with Crippen LogP contribution in [-0.2, 0) is 4.79 Å². The molecule has 0 spiro atoms. The minimum atomic E-state index is -4.15. The van der Waals surface area contributed by atoms with Gasteiger partial charge in [-0.15, -0.1) is 0 Å². The molecule has 0 bridgehead atoms. The van der Waals surface area contributed by atoms with Crippen molar-refractivity contribution in [3.8, 4) is 0 Å². The Labute approximate surface area is 81.0 Å². The van der Waals surface area contributed by atoms with E-state index in [2.05, 4.69) is 6.58 Å². The Balaban J connectivity index is 2.60. The van der Waals surface area contributed by atoms with Crippen molar-refractivity contribution in [2.45, 2.75) is 31.9 Å². The summed E-state index contributed by atoms with van der Waals surface area (Å²) in [6.45, 7) is 3.29. The van der Waals surface area contributed by atoms with E-state index in [-0.39, 0.29) is 18.6 Å². The highest BCUT2D eigenvalue weighted by Gasteiger charge is 2.43. The summed E-state index contributed by atoms with van der Waals surface area (Å²) < 4.78 is 37.0. The van der Waals surface area contributed by atoms with Crippen molar-refractivity contribution in [3.63, 3.8) is 0 Å². The van der Waals surface area contributed by atoms with Gasteiger partial charge in [-0.05, 0) is 25.3 Å². The third kappa shape index (κ3) is 2.59. The molecule has 1 aliphatic rings. The molecular formula is C10H13F3O. The summed E-state index contributed by atoms with van der Waals surface area (Å²) in [6, 6.07) is 0. The first-order valence-electron chi connectivity index (χ1n) is 4.68. The zero-order valence-electron chi connectivity index (χ0n) is 7.81. The second kappa shape index (κ2) is 4.15. The summed E-state index contributed by atoms with van der Waals surface area (Å²) in [4.78, 5) is 11.2. The van der Waals surface area contributed by atoms with Crippen LogP contribution in [0.25, 0.3) is 0 Å². The average Bonchev–Trinajstić information content (AvgIpc) is 2.15. The minimum absolute atomic E-state index is 0.0612. The highest BCUT2D eigenvalue weighted by atomic mass is 19.4. The Morgan fingerprint density at radius 2 is 2.00 bits per heavy atom. The zero-order chi connectivity index (χ0) is 10.8. The summed E-state index contributed by atoms with van der Waals surface area (Å²) in [7, 11) is 0. The molecule has 1 nitrogen and oxygen atoms in total. The van der Waals surface area contributed by atoms with Gasteiger partial charge in [-0.1, -0.05) is 13.0 Å². The number of rotatable bonds is 2. The lowest BCUT2D eigenvalue weighted by Gasteiger charge is -2.29. The van der Waals surface area contributed by atoms with Crippen molar-refractivity contribution in [2.75, 3.05) is 0 Å². The molecule has 0 saturated heterocycles. The molecule has 1 rings (SSSR count). The van der Waals surface area contributed by atoms with Crippen LogP contribution in [0.15, 0.2) is 12.7 Å². The average molecular weight is 206 g/mol. The van der Waals surface area contributed by atoms with Crippen LogP contribution in [0.3, 0.4) is 0 Å². The van der Waals surface area contributed by atoms with Gasteiger partial charge < -0.3 is 0 Å². The Morgan fingerprint density at radius 3 is 2.50 bits per heavy atom. The molecule has 0 radical (unpaired) electrons. The summed E-state index contributed by atoms with van der Waals surface area (Å²) in [5, 5.41) is 0. The number of hydrogen-bond donors (Lipinski definition) is 0. The van der Waals surface area contributed by atoms with Crippen molar-refractivity contribution in [2.24, 2.45) is 11.8 Å².